The topological polar surface area (TPSA) is 55.0 Å². The Balaban J connectivity index is 2.51. The summed E-state index contributed by atoms with van der Waals surface area (Å²) in [6, 6.07) is 4.36. The van der Waals surface area contributed by atoms with Gasteiger partial charge in [-0.2, -0.15) is 4.37 Å². The van der Waals surface area contributed by atoms with Gasteiger partial charge in [0.2, 0.25) is 0 Å². The van der Waals surface area contributed by atoms with Gasteiger partial charge in [-0.1, -0.05) is 6.07 Å². The smallest absolute Gasteiger partial charge is 0.147 e. The zero-order chi connectivity index (χ0) is 13.1. The second-order valence-electron chi connectivity index (χ2n) is 4.37. The van der Waals surface area contributed by atoms with Crippen LogP contribution in [0.15, 0.2) is 24.5 Å². The Morgan fingerprint density at radius 2 is 2.22 bits per heavy atom. The summed E-state index contributed by atoms with van der Waals surface area (Å²) < 4.78 is 4.29. The van der Waals surface area contributed by atoms with Crippen molar-refractivity contribution in [2.75, 3.05) is 17.2 Å². The first kappa shape index (κ1) is 12.8. The average Bonchev–Trinajstić information content (AvgIpc) is 2.73. The summed E-state index contributed by atoms with van der Waals surface area (Å²) in [6.07, 6.45) is 3.59. The summed E-state index contributed by atoms with van der Waals surface area (Å²) in [5, 5.41) is 1.12. The lowest BCUT2D eigenvalue weighted by Gasteiger charge is -2.26. The molecule has 0 aliphatic rings. The second kappa shape index (κ2) is 5.35. The third-order valence-electron chi connectivity index (χ3n) is 2.88. The normalized spacial score (nSPS) is 10.9. The molecule has 0 aliphatic heterocycles. The van der Waals surface area contributed by atoms with Gasteiger partial charge in [0, 0.05) is 30.5 Å². The lowest BCUT2D eigenvalue weighted by Crippen LogP contribution is -2.29. The summed E-state index contributed by atoms with van der Waals surface area (Å²) in [5.74, 6) is 0.585. The molecule has 2 rings (SSSR count). The third-order valence-corrected chi connectivity index (χ3v) is 3.78. The van der Waals surface area contributed by atoms with Crippen LogP contribution in [-0.4, -0.2) is 21.9 Å². The highest BCUT2D eigenvalue weighted by molar-refractivity contribution is 7.11. The van der Waals surface area contributed by atoms with Crippen molar-refractivity contribution in [1.29, 1.82) is 0 Å². The molecule has 0 fully saturated rings. The Morgan fingerprint density at radius 1 is 1.44 bits per heavy atom. The molecule has 0 aromatic carbocycles. The summed E-state index contributed by atoms with van der Waals surface area (Å²) in [5.41, 5.74) is 8.04. The minimum Gasteiger partial charge on any atom is -0.382 e. The molecule has 0 unspecified atom stereocenters. The fraction of sp³-hybridized carbons (Fsp3) is 0.385. The predicted octanol–water partition coefficient (Wildman–Crippen LogP) is 3.02. The fourth-order valence-electron chi connectivity index (χ4n) is 2.01. The van der Waals surface area contributed by atoms with Crippen LogP contribution in [0.4, 0.5) is 10.8 Å². The minimum atomic E-state index is 0.422. The maximum Gasteiger partial charge on any atom is 0.147 e. The van der Waals surface area contributed by atoms with Crippen LogP contribution in [0.5, 0.6) is 0 Å². The van der Waals surface area contributed by atoms with Crippen LogP contribution in [0.2, 0.25) is 0 Å². The molecule has 4 nitrogen and oxygen atoms in total. The van der Waals surface area contributed by atoms with Crippen molar-refractivity contribution in [2.24, 2.45) is 0 Å². The number of nitrogens with two attached hydrogens (primary N) is 1. The number of pyridine rings is 1. The highest BCUT2D eigenvalue weighted by atomic mass is 32.1. The van der Waals surface area contributed by atoms with Crippen LogP contribution in [-0.2, 0) is 0 Å². The Kier molecular flexibility index (Phi) is 3.81. The van der Waals surface area contributed by atoms with E-state index in [1.807, 2.05) is 18.3 Å². The van der Waals surface area contributed by atoms with Crippen molar-refractivity contribution >= 4 is 22.4 Å². The molecule has 2 aromatic rings. The van der Waals surface area contributed by atoms with E-state index in [1.54, 1.807) is 6.20 Å². The summed E-state index contributed by atoms with van der Waals surface area (Å²) in [6.45, 7) is 7.42. The molecule has 5 heteroatoms. The van der Waals surface area contributed by atoms with Gasteiger partial charge in [0.25, 0.3) is 0 Å². The van der Waals surface area contributed by atoms with Crippen molar-refractivity contribution < 1.29 is 0 Å². The third kappa shape index (κ3) is 2.31. The SMILES string of the molecule is CCN(c1snc(N)c1-c1cccnc1)C(C)C. The van der Waals surface area contributed by atoms with E-state index in [0.717, 1.165) is 22.7 Å². The van der Waals surface area contributed by atoms with Gasteiger partial charge in [0.1, 0.15) is 10.8 Å². The molecule has 0 spiro atoms. The van der Waals surface area contributed by atoms with Crippen molar-refractivity contribution in [3.05, 3.63) is 24.5 Å². The molecule has 2 heterocycles. The molecule has 96 valence electrons. The van der Waals surface area contributed by atoms with Gasteiger partial charge < -0.3 is 10.6 Å². The van der Waals surface area contributed by atoms with Crippen molar-refractivity contribution in [2.45, 2.75) is 26.8 Å². The molecule has 0 saturated carbocycles. The van der Waals surface area contributed by atoms with Gasteiger partial charge in [-0.25, -0.2) is 0 Å². The molecule has 0 saturated heterocycles. The van der Waals surface area contributed by atoms with Gasteiger partial charge in [0.15, 0.2) is 0 Å². The van der Waals surface area contributed by atoms with Crippen LogP contribution >= 0.6 is 11.5 Å². The van der Waals surface area contributed by atoms with Gasteiger partial charge in [0.05, 0.1) is 5.56 Å². The fourth-order valence-corrected chi connectivity index (χ4v) is 3.05. The van der Waals surface area contributed by atoms with E-state index in [0.29, 0.717) is 11.9 Å². The molecule has 0 amide bonds. The van der Waals surface area contributed by atoms with E-state index in [-0.39, 0.29) is 0 Å². The lowest BCUT2D eigenvalue weighted by molar-refractivity contribution is 0.710. The Labute approximate surface area is 112 Å². The summed E-state index contributed by atoms with van der Waals surface area (Å²) in [4.78, 5) is 6.46. The molecule has 2 aromatic heterocycles. The van der Waals surface area contributed by atoms with Gasteiger partial charge in [-0.05, 0) is 38.4 Å². The number of hydrogen-bond donors (Lipinski definition) is 1. The van der Waals surface area contributed by atoms with Crippen LogP contribution in [0.3, 0.4) is 0 Å². The molecular formula is C13H18N4S. The molecule has 0 bridgehead atoms. The van der Waals surface area contributed by atoms with E-state index in [2.05, 4.69) is 35.0 Å². The van der Waals surface area contributed by atoms with E-state index >= 15 is 0 Å². The quantitative estimate of drug-likeness (QED) is 0.920. The number of anilines is 2. The van der Waals surface area contributed by atoms with Crippen molar-refractivity contribution in [3.63, 3.8) is 0 Å². The first-order valence-electron chi connectivity index (χ1n) is 6.07. The molecule has 0 radical (unpaired) electrons. The average molecular weight is 262 g/mol. The molecule has 0 atom stereocenters. The van der Waals surface area contributed by atoms with Crippen LogP contribution in [0.25, 0.3) is 11.1 Å². The molecule has 0 aliphatic carbocycles. The first-order chi connectivity index (χ1) is 8.65. The highest BCUT2D eigenvalue weighted by Crippen LogP contribution is 2.39. The number of nitrogens with zero attached hydrogens (tertiary/aromatic N) is 3. The van der Waals surface area contributed by atoms with E-state index in [4.69, 9.17) is 5.73 Å². The largest absolute Gasteiger partial charge is 0.382 e. The van der Waals surface area contributed by atoms with Gasteiger partial charge >= 0.3 is 0 Å². The van der Waals surface area contributed by atoms with E-state index in [1.165, 1.54) is 11.5 Å². The highest BCUT2D eigenvalue weighted by Gasteiger charge is 2.20. The van der Waals surface area contributed by atoms with Crippen LogP contribution in [0.1, 0.15) is 20.8 Å². The van der Waals surface area contributed by atoms with Crippen molar-refractivity contribution in [1.82, 2.24) is 9.36 Å². The number of rotatable bonds is 4. The Morgan fingerprint density at radius 3 is 2.78 bits per heavy atom. The second-order valence-corrected chi connectivity index (χ2v) is 5.12. The maximum atomic E-state index is 6.01. The van der Waals surface area contributed by atoms with Crippen LogP contribution < -0.4 is 10.6 Å². The van der Waals surface area contributed by atoms with Crippen LogP contribution in [0, 0.1) is 0 Å². The van der Waals surface area contributed by atoms with E-state index in [9.17, 15) is 0 Å². The first-order valence-corrected chi connectivity index (χ1v) is 6.84. The van der Waals surface area contributed by atoms with E-state index < -0.39 is 0 Å². The summed E-state index contributed by atoms with van der Waals surface area (Å²) in [7, 11) is 0. The number of nitrogen functional groups attached to an aromatic ring is 1. The minimum absolute atomic E-state index is 0.422. The monoisotopic (exact) mass is 262 g/mol. The standard InChI is InChI=1S/C13H18N4S/c1-4-17(9(2)3)13-11(12(14)16-18-13)10-6-5-7-15-8-10/h5-9H,4H2,1-3H3,(H2,14,16). The predicted molar refractivity (Wildman–Crippen MR) is 77.9 cm³/mol. The summed E-state index contributed by atoms with van der Waals surface area (Å²) >= 11 is 1.46. The lowest BCUT2D eigenvalue weighted by atomic mass is 10.1. The number of aromatic nitrogens is 2. The Bertz CT molecular complexity index is 507. The maximum absolute atomic E-state index is 6.01. The zero-order valence-electron chi connectivity index (χ0n) is 10.9. The molecular weight excluding hydrogens is 244 g/mol. The van der Waals surface area contributed by atoms with Crippen molar-refractivity contribution in [3.8, 4) is 11.1 Å². The number of hydrogen-bond acceptors (Lipinski definition) is 5. The molecule has 18 heavy (non-hydrogen) atoms. The Hall–Kier alpha value is -1.62. The van der Waals surface area contributed by atoms with Gasteiger partial charge in [-0.15, -0.1) is 0 Å². The zero-order valence-corrected chi connectivity index (χ0v) is 11.7. The molecule has 2 N–H and O–H groups in total. The van der Waals surface area contributed by atoms with Gasteiger partial charge in [-0.3, -0.25) is 4.98 Å².